The number of nitrogens with zero attached hydrogens (tertiary/aromatic N) is 1. The molecule has 1 aliphatic rings. The summed E-state index contributed by atoms with van der Waals surface area (Å²) in [5, 5.41) is 3.09. The topological polar surface area (TPSA) is 41.6 Å². The van der Waals surface area contributed by atoms with Crippen molar-refractivity contribution in [1.29, 1.82) is 0 Å². The second-order valence-corrected chi connectivity index (χ2v) is 5.54. The summed E-state index contributed by atoms with van der Waals surface area (Å²) >= 11 is 0. The van der Waals surface area contributed by atoms with Gasteiger partial charge in [0.15, 0.2) is 6.10 Å². The third kappa shape index (κ3) is 3.69. The Morgan fingerprint density at radius 3 is 2.71 bits per heavy atom. The van der Waals surface area contributed by atoms with Crippen molar-refractivity contribution in [1.82, 2.24) is 5.32 Å². The molecule has 4 heteroatoms. The maximum absolute atomic E-state index is 12.4. The van der Waals surface area contributed by atoms with Crippen LogP contribution in [0.3, 0.4) is 0 Å². The van der Waals surface area contributed by atoms with Crippen molar-refractivity contribution in [3.63, 3.8) is 0 Å². The maximum Gasteiger partial charge on any atom is 0.263 e. The van der Waals surface area contributed by atoms with Gasteiger partial charge in [-0.3, -0.25) is 4.79 Å². The second kappa shape index (κ2) is 7.34. The quantitative estimate of drug-likeness (QED) is 0.876. The Hall–Kier alpha value is -1.71. The summed E-state index contributed by atoms with van der Waals surface area (Å²) in [5.41, 5.74) is 1.09. The molecule has 0 radical (unpaired) electrons. The number of hydrogen-bond acceptors (Lipinski definition) is 3. The highest BCUT2D eigenvalue weighted by molar-refractivity contribution is 5.83. The first kappa shape index (κ1) is 15.7. The minimum Gasteiger partial charge on any atom is -0.477 e. The van der Waals surface area contributed by atoms with Crippen molar-refractivity contribution in [3.8, 4) is 5.75 Å². The third-order valence-corrected chi connectivity index (χ3v) is 3.98. The predicted molar refractivity (Wildman–Crippen MR) is 85.9 cm³/mol. The van der Waals surface area contributed by atoms with E-state index in [-0.39, 0.29) is 11.9 Å². The van der Waals surface area contributed by atoms with Crippen molar-refractivity contribution in [3.05, 3.63) is 24.3 Å². The Labute approximate surface area is 127 Å². The molecule has 1 aliphatic heterocycles. The molecule has 1 heterocycles. The highest BCUT2D eigenvalue weighted by atomic mass is 16.5. The Balaban J connectivity index is 2.11. The van der Waals surface area contributed by atoms with Gasteiger partial charge in [0.05, 0.1) is 12.2 Å². The molecule has 0 aromatic heterocycles. The van der Waals surface area contributed by atoms with Gasteiger partial charge < -0.3 is 15.0 Å². The lowest BCUT2D eigenvalue weighted by atomic mass is 10.1. The van der Waals surface area contributed by atoms with Gasteiger partial charge in [-0.15, -0.1) is 0 Å². The van der Waals surface area contributed by atoms with E-state index in [0.29, 0.717) is 6.54 Å². The molecule has 21 heavy (non-hydrogen) atoms. The summed E-state index contributed by atoms with van der Waals surface area (Å²) in [5.74, 6) is 0.807. The average Bonchev–Trinajstić information content (AvgIpc) is 2.52. The molecule has 1 atom stereocenters. The van der Waals surface area contributed by atoms with Crippen molar-refractivity contribution in [2.24, 2.45) is 0 Å². The normalized spacial score (nSPS) is 17.3. The monoisotopic (exact) mass is 290 g/mol. The van der Waals surface area contributed by atoms with Crippen LogP contribution in [0.5, 0.6) is 5.75 Å². The molecule has 1 aromatic rings. The minimum atomic E-state index is -0.424. The third-order valence-electron chi connectivity index (χ3n) is 3.98. The van der Waals surface area contributed by atoms with E-state index in [2.05, 4.69) is 37.1 Å². The van der Waals surface area contributed by atoms with E-state index in [9.17, 15) is 4.79 Å². The number of hydrogen-bond donors (Lipinski definition) is 1. The molecule has 4 nitrogen and oxygen atoms in total. The van der Waals surface area contributed by atoms with Gasteiger partial charge >= 0.3 is 0 Å². The number of para-hydroxylation sites is 2. The van der Waals surface area contributed by atoms with E-state index in [1.165, 1.54) is 0 Å². The predicted octanol–water partition coefficient (Wildman–Crippen LogP) is 2.97. The van der Waals surface area contributed by atoms with Crippen LogP contribution in [-0.4, -0.2) is 31.1 Å². The van der Waals surface area contributed by atoms with Crippen LogP contribution in [0, 0.1) is 0 Å². The van der Waals surface area contributed by atoms with Crippen LogP contribution in [0.4, 0.5) is 5.69 Å². The summed E-state index contributed by atoms with van der Waals surface area (Å²) in [7, 11) is 0. The number of fused-ring (bicyclic) bond motifs is 1. The summed E-state index contributed by atoms with van der Waals surface area (Å²) in [6, 6.07) is 8.19. The Bertz CT molecular complexity index is 472. The number of amides is 1. The fraction of sp³-hybridized carbons (Fsp3) is 0.588. The molecule has 1 unspecified atom stereocenters. The summed E-state index contributed by atoms with van der Waals surface area (Å²) < 4.78 is 5.91. The number of anilines is 1. The zero-order chi connectivity index (χ0) is 15.2. The molecule has 2 rings (SSSR count). The van der Waals surface area contributed by atoms with E-state index in [4.69, 9.17) is 4.74 Å². The van der Waals surface area contributed by atoms with Crippen LogP contribution in [0.25, 0.3) is 0 Å². The van der Waals surface area contributed by atoms with Gasteiger partial charge in [-0.2, -0.15) is 0 Å². The molecule has 1 amide bonds. The number of ether oxygens (including phenoxy) is 1. The van der Waals surface area contributed by atoms with Crippen molar-refractivity contribution in [2.75, 3.05) is 18.0 Å². The van der Waals surface area contributed by atoms with Crippen LogP contribution in [0.1, 0.15) is 40.0 Å². The molecule has 1 aromatic carbocycles. The highest BCUT2D eigenvalue weighted by Gasteiger charge is 2.30. The summed E-state index contributed by atoms with van der Waals surface area (Å²) in [6.45, 7) is 7.90. The number of carbonyl (C=O) groups excluding carboxylic acids is 1. The Morgan fingerprint density at radius 1 is 1.33 bits per heavy atom. The smallest absolute Gasteiger partial charge is 0.263 e. The molecule has 0 aliphatic carbocycles. The minimum absolute atomic E-state index is 0.000642. The number of carbonyl (C=O) groups is 1. The van der Waals surface area contributed by atoms with Crippen molar-refractivity contribution >= 4 is 11.6 Å². The number of rotatable bonds is 6. The first-order valence-corrected chi connectivity index (χ1v) is 8.00. The fourth-order valence-electron chi connectivity index (χ4n) is 2.71. The van der Waals surface area contributed by atoms with Crippen LogP contribution in [0.2, 0.25) is 0 Å². The molecular formula is C17H26N2O2. The van der Waals surface area contributed by atoms with E-state index < -0.39 is 6.10 Å². The zero-order valence-electron chi connectivity index (χ0n) is 13.3. The molecule has 1 N–H and O–H groups in total. The number of nitrogens with one attached hydrogen (secondary N) is 1. The lowest BCUT2D eigenvalue weighted by Crippen LogP contribution is -2.51. The van der Waals surface area contributed by atoms with Gasteiger partial charge in [-0.25, -0.2) is 0 Å². The fourth-order valence-corrected chi connectivity index (χ4v) is 2.71. The van der Waals surface area contributed by atoms with E-state index in [1.54, 1.807) is 0 Å². The van der Waals surface area contributed by atoms with Gasteiger partial charge in [-0.05, 0) is 31.4 Å². The van der Waals surface area contributed by atoms with Crippen LogP contribution in [0.15, 0.2) is 24.3 Å². The van der Waals surface area contributed by atoms with Gasteiger partial charge in [0.2, 0.25) is 0 Å². The zero-order valence-corrected chi connectivity index (χ0v) is 13.3. The Morgan fingerprint density at radius 2 is 2.05 bits per heavy atom. The maximum atomic E-state index is 12.4. The molecule has 0 saturated heterocycles. The molecule has 0 spiro atoms. The van der Waals surface area contributed by atoms with Crippen LogP contribution >= 0.6 is 0 Å². The first-order chi connectivity index (χ1) is 10.2. The van der Waals surface area contributed by atoms with Crippen molar-refractivity contribution < 1.29 is 9.53 Å². The van der Waals surface area contributed by atoms with Crippen molar-refractivity contribution in [2.45, 2.75) is 52.2 Å². The lowest BCUT2D eigenvalue weighted by Gasteiger charge is -2.36. The SMILES string of the molecule is CCCN1CC(C(=O)NC(CC)CC)Oc2ccccc21. The first-order valence-electron chi connectivity index (χ1n) is 8.00. The molecule has 0 saturated carbocycles. The summed E-state index contributed by atoms with van der Waals surface area (Å²) in [4.78, 5) is 14.7. The molecule has 0 bridgehead atoms. The second-order valence-electron chi connectivity index (χ2n) is 5.54. The largest absolute Gasteiger partial charge is 0.477 e. The van der Waals surface area contributed by atoms with E-state index in [0.717, 1.165) is 37.2 Å². The molecule has 0 fully saturated rings. The van der Waals surface area contributed by atoms with E-state index >= 15 is 0 Å². The molecule has 116 valence electrons. The van der Waals surface area contributed by atoms with Gasteiger partial charge in [-0.1, -0.05) is 32.9 Å². The highest BCUT2D eigenvalue weighted by Crippen LogP contribution is 2.33. The van der Waals surface area contributed by atoms with E-state index in [1.807, 2.05) is 18.2 Å². The van der Waals surface area contributed by atoms with Gasteiger partial charge in [0, 0.05) is 12.6 Å². The molecular weight excluding hydrogens is 264 g/mol. The van der Waals surface area contributed by atoms with Gasteiger partial charge in [0.1, 0.15) is 5.75 Å². The Kier molecular flexibility index (Phi) is 5.48. The van der Waals surface area contributed by atoms with Gasteiger partial charge in [0.25, 0.3) is 5.91 Å². The van der Waals surface area contributed by atoms with Crippen LogP contribution in [-0.2, 0) is 4.79 Å². The van der Waals surface area contributed by atoms with Crippen LogP contribution < -0.4 is 15.0 Å². The summed E-state index contributed by atoms with van der Waals surface area (Å²) in [6.07, 6.45) is 2.52. The number of benzene rings is 1. The average molecular weight is 290 g/mol. The standard InChI is InChI=1S/C17H26N2O2/c1-4-11-19-12-16(17(20)18-13(5-2)6-3)21-15-10-8-7-9-14(15)19/h7-10,13,16H,4-6,11-12H2,1-3H3,(H,18,20). The lowest BCUT2D eigenvalue weighted by molar-refractivity contribution is -0.128.